The minimum Gasteiger partial charge on any atom is -0.544 e. The van der Waals surface area contributed by atoms with E-state index in [1.165, 1.54) is 0 Å². The van der Waals surface area contributed by atoms with Gasteiger partial charge in [0.2, 0.25) is 24.0 Å². The Morgan fingerprint density at radius 2 is 0.988 bits per heavy atom. The molecule has 22 N–H and O–H groups in total. The topological polar surface area (TPSA) is 623 Å². The summed E-state index contributed by atoms with van der Waals surface area (Å²) in [5.41, 5.74) is 0. The van der Waals surface area contributed by atoms with Gasteiger partial charge in [0.1, 0.15) is 146 Å². The van der Waals surface area contributed by atoms with Crippen LogP contribution in [-0.4, -0.2) is 370 Å². The normalized spacial score (nSPS) is 45.0. The Morgan fingerprint density at radius 1 is 0.535 bits per heavy atom. The quantitative estimate of drug-likeness (QED) is 0.0340. The summed E-state index contributed by atoms with van der Waals surface area (Å²) in [5, 5.41) is 226. The van der Waals surface area contributed by atoms with Crippen molar-refractivity contribution in [3.05, 3.63) is 0 Å². The molecule has 6 heterocycles. The number of aliphatic hydroxyl groups excluding tert-OH is 19. The van der Waals surface area contributed by atoms with Gasteiger partial charge in [0.25, 0.3) is 0 Å². The summed E-state index contributed by atoms with van der Waals surface area (Å²) in [6.45, 7) is -6.23. The third-order valence-electron chi connectivity index (χ3n) is 15.2. The summed E-state index contributed by atoms with van der Waals surface area (Å²) in [6, 6.07) is -4.92. The number of hydrogen-bond donors (Lipinski definition) is 22. The van der Waals surface area contributed by atoms with Gasteiger partial charge in [-0.3, -0.25) is 14.4 Å². The molecular formula is C47H78N3O36-. The fraction of sp³-hybridized carbons (Fsp3) is 0.915. The summed E-state index contributed by atoms with van der Waals surface area (Å²) < 4.78 is 69.4. The van der Waals surface area contributed by atoms with Crippen molar-refractivity contribution >= 4 is 24.2 Å². The van der Waals surface area contributed by atoms with Crippen molar-refractivity contribution in [3.63, 3.8) is 0 Å². The number of carbonyl (C=O) groups is 4. The van der Waals surface area contributed by atoms with Crippen LogP contribution >= 0.6 is 0 Å². The number of carboxylic acids is 1. The van der Waals surface area contributed by atoms with E-state index in [2.05, 4.69) is 16.0 Å². The number of amides is 3. The lowest BCUT2D eigenvalue weighted by atomic mass is 9.88. The second kappa shape index (κ2) is 31.6. The van der Waals surface area contributed by atoms with Crippen molar-refractivity contribution in [1.29, 1.82) is 0 Å². The first-order valence-electron chi connectivity index (χ1n) is 26.9. The fourth-order valence-corrected chi connectivity index (χ4v) is 10.6. The Kier molecular flexibility index (Phi) is 26.3. The molecule has 39 heteroatoms. The molecule has 6 aliphatic rings. The van der Waals surface area contributed by atoms with Crippen molar-refractivity contribution in [2.75, 3.05) is 52.9 Å². The zero-order valence-electron chi connectivity index (χ0n) is 45.8. The lowest BCUT2D eigenvalue weighted by molar-refractivity contribution is -0.421. The van der Waals surface area contributed by atoms with Gasteiger partial charge in [-0.05, 0) is 0 Å². The third kappa shape index (κ3) is 15.8. The number of ether oxygens (including phenoxy) is 12. The molecule has 0 bridgehead atoms. The predicted molar refractivity (Wildman–Crippen MR) is 261 cm³/mol. The van der Waals surface area contributed by atoms with Crippen molar-refractivity contribution in [2.45, 2.75) is 216 Å². The molecule has 6 aliphatic heterocycles. The van der Waals surface area contributed by atoms with Crippen LogP contribution in [-0.2, 0) is 76.0 Å². The van der Waals surface area contributed by atoms with E-state index in [1.54, 1.807) is 0 Å². The molecule has 0 spiro atoms. The highest BCUT2D eigenvalue weighted by Gasteiger charge is 2.61. The second-order valence-corrected chi connectivity index (χ2v) is 21.1. The number of rotatable bonds is 27. The molecule has 0 unspecified atom stereocenters. The molecule has 86 heavy (non-hydrogen) atoms. The van der Waals surface area contributed by atoms with Gasteiger partial charge in [-0.15, -0.1) is 0 Å². The van der Waals surface area contributed by atoms with E-state index in [1.807, 2.05) is 0 Å². The Hall–Kier alpha value is -3.36. The highest BCUT2D eigenvalue weighted by Crippen LogP contribution is 2.41. The molecule has 3 amide bonds. The van der Waals surface area contributed by atoms with Gasteiger partial charge < -0.3 is 180 Å². The SMILES string of the molecule is CC(=O)N[C@H]1[C@H](O[C@@H]2[C@H](O[C@]3(C(=O)[O-])C[C@H](O)[C@@H](NC(C)=O)[C@H]([C@H](O)[C@H](O)CO)O3)[C@@H](O)[C@H](O[C@H]3[C@H](O)[C@@H](O)[C@H](OC[C@@H](CO)NC=O)O[C@@H]3CO)O[C@@H]2CO)O[C@H](CO)[C@H](O)[C@@H]1O[C@@H]1O[C@H](CO)[C@H](O)[C@H](O[C@H]2O[C@H](CO)[C@H](O)[C@H](O)[C@H]2O)[C@H]1O. The molecule has 0 aromatic carbocycles. The Morgan fingerprint density at radius 3 is 1.52 bits per heavy atom. The van der Waals surface area contributed by atoms with E-state index in [0.717, 1.165) is 13.8 Å². The number of aliphatic carboxylic acids is 1. The summed E-state index contributed by atoms with van der Waals surface area (Å²) >= 11 is 0. The van der Waals surface area contributed by atoms with Crippen molar-refractivity contribution in [2.24, 2.45) is 0 Å². The number of carbonyl (C=O) groups excluding carboxylic acids is 4. The van der Waals surface area contributed by atoms with Gasteiger partial charge in [-0.1, -0.05) is 0 Å². The van der Waals surface area contributed by atoms with Crippen molar-refractivity contribution in [3.8, 4) is 0 Å². The maximum atomic E-state index is 13.5. The average Bonchev–Trinajstić information content (AvgIpc) is 1.03. The summed E-state index contributed by atoms with van der Waals surface area (Å²) in [5.74, 6) is -7.91. The number of aliphatic hydroxyl groups is 19. The van der Waals surface area contributed by atoms with Crippen LogP contribution in [0.15, 0.2) is 0 Å². The van der Waals surface area contributed by atoms with Crippen LogP contribution in [0, 0.1) is 0 Å². The first-order valence-corrected chi connectivity index (χ1v) is 26.9. The van der Waals surface area contributed by atoms with E-state index in [9.17, 15) is 121 Å². The predicted octanol–water partition coefficient (Wildman–Crippen LogP) is -16.8. The second-order valence-electron chi connectivity index (χ2n) is 21.1. The van der Waals surface area contributed by atoms with E-state index in [4.69, 9.17) is 56.8 Å². The summed E-state index contributed by atoms with van der Waals surface area (Å²) in [4.78, 5) is 50.0. The van der Waals surface area contributed by atoms with Crippen LogP contribution in [0.25, 0.3) is 0 Å². The van der Waals surface area contributed by atoms with Crippen molar-refractivity contribution in [1.82, 2.24) is 16.0 Å². The first kappa shape index (κ1) is 71.7. The highest BCUT2D eigenvalue weighted by atomic mass is 16.8. The zero-order chi connectivity index (χ0) is 63.8. The Labute approximate surface area is 486 Å². The first-order chi connectivity index (χ1) is 40.7. The zero-order valence-corrected chi connectivity index (χ0v) is 45.8. The minimum atomic E-state index is -3.53. The smallest absolute Gasteiger partial charge is 0.217 e. The average molecular weight is 1260 g/mol. The Balaban J connectivity index is 1.40. The van der Waals surface area contributed by atoms with Gasteiger partial charge in [0.15, 0.2) is 31.5 Å². The largest absolute Gasteiger partial charge is 0.544 e. The number of carboxylic acid groups (broad SMARTS) is 1. The highest BCUT2D eigenvalue weighted by molar-refractivity contribution is 5.75. The van der Waals surface area contributed by atoms with Crippen LogP contribution in [0.4, 0.5) is 0 Å². The molecule has 39 nitrogen and oxygen atoms in total. The third-order valence-corrected chi connectivity index (χ3v) is 15.2. The van der Waals surface area contributed by atoms with Gasteiger partial charge in [-0.2, -0.15) is 0 Å². The fourth-order valence-electron chi connectivity index (χ4n) is 10.6. The molecule has 32 atom stereocenters. The molecule has 498 valence electrons. The minimum absolute atomic E-state index is 0.224. The monoisotopic (exact) mass is 1260 g/mol. The molecule has 0 aromatic rings. The maximum Gasteiger partial charge on any atom is 0.217 e. The van der Waals surface area contributed by atoms with E-state index in [0.29, 0.717) is 0 Å². The molecule has 0 aliphatic carbocycles. The molecule has 0 aromatic heterocycles. The summed E-state index contributed by atoms with van der Waals surface area (Å²) in [6.07, 6.45) is -60.8. The van der Waals surface area contributed by atoms with Crippen LogP contribution in [0.3, 0.4) is 0 Å². The molecule has 6 rings (SSSR count). The van der Waals surface area contributed by atoms with Gasteiger partial charge >= 0.3 is 0 Å². The van der Waals surface area contributed by atoms with Crippen LogP contribution in [0.2, 0.25) is 0 Å². The lowest BCUT2D eigenvalue weighted by Crippen LogP contribution is -2.73. The Bertz CT molecular complexity index is 2150. The number of nitrogens with one attached hydrogen (secondary N) is 3. The standard InChI is InChI=1S/C47H79N3O36/c1-13(59)49-23-16(61)3-47(46(73)74,85-38(23)25(63)17(62)5-52)86-40-34(72)45(81-35-21(9-56)79-42(32(70)30(35)68)75-11-15(4-51)48-12-58)80-22(10-57)36(40)82-41-24(50-14(2)60)37(27(65)19(7-54)76-41)83-44-33(71)39(28(66)20(8-55)78-44)84-43-31(69)29(67)26(64)18(6-53)77-43/h12,15-45,51-57,61-72H,3-11H2,1-2H3,(H,48,58)(H,49,59)(H,50,60)(H,73,74)/p-1/t15-,16+,17-,18-,19-,20-,21-,22-,23-,24-,25-,26+,27+,28+,29+,30-,31-,32-,33-,34-,35-,36+,37-,38-,39+,40-,41+,42-,43-,44+,45+,47+/m1/s1. The van der Waals surface area contributed by atoms with Gasteiger partial charge in [0.05, 0.1) is 71.0 Å². The van der Waals surface area contributed by atoms with E-state index >= 15 is 0 Å². The molecule has 0 radical (unpaired) electrons. The molecule has 6 saturated heterocycles. The molecule has 6 fully saturated rings. The van der Waals surface area contributed by atoms with E-state index in [-0.39, 0.29) is 6.41 Å². The van der Waals surface area contributed by atoms with Crippen LogP contribution < -0.4 is 21.1 Å². The molecule has 0 saturated carbocycles. The maximum absolute atomic E-state index is 13.5. The van der Waals surface area contributed by atoms with E-state index < -0.39 is 273 Å². The van der Waals surface area contributed by atoms with Crippen LogP contribution in [0.1, 0.15) is 20.3 Å². The van der Waals surface area contributed by atoms with Crippen LogP contribution in [0.5, 0.6) is 0 Å². The van der Waals surface area contributed by atoms with Gasteiger partial charge in [0, 0.05) is 20.3 Å². The summed E-state index contributed by atoms with van der Waals surface area (Å²) in [7, 11) is 0. The number of hydrogen-bond acceptors (Lipinski definition) is 36. The van der Waals surface area contributed by atoms with Crippen molar-refractivity contribution < 1.29 is 178 Å². The van der Waals surface area contributed by atoms with Gasteiger partial charge in [-0.25, -0.2) is 0 Å². The lowest BCUT2D eigenvalue weighted by Gasteiger charge is -2.54. The molecular weight excluding hydrogens is 1180 g/mol.